The van der Waals surface area contributed by atoms with Gasteiger partial charge in [0.2, 0.25) is 0 Å². The number of aryl methyl sites for hydroxylation is 2. The Morgan fingerprint density at radius 1 is 1.03 bits per heavy atom. The Hall–Kier alpha value is -2.80. The van der Waals surface area contributed by atoms with Gasteiger partial charge in [-0.05, 0) is 96.7 Å². The smallest absolute Gasteiger partial charge is 0.254 e. The fraction of sp³-hybridized carbons (Fsp3) is 0.586. The maximum atomic E-state index is 13.8. The van der Waals surface area contributed by atoms with Crippen LogP contribution in [0, 0.1) is 33.6 Å². The molecule has 7 heteroatoms. The fourth-order valence-corrected chi connectivity index (χ4v) is 6.49. The molecule has 1 fully saturated rings. The highest BCUT2D eigenvalue weighted by molar-refractivity contribution is 6.00. The molecule has 1 atom stereocenters. The Balaban J connectivity index is 1.43. The van der Waals surface area contributed by atoms with Gasteiger partial charge in [-0.25, -0.2) is 0 Å². The van der Waals surface area contributed by atoms with Gasteiger partial charge in [0.05, 0.1) is 6.54 Å². The molecule has 1 aromatic carbocycles. The fourth-order valence-electron chi connectivity index (χ4n) is 6.49. The maximum absolute atomic E-state index is 13.8. The van der Waals surface area contributed by atoms with Crippen molar-refractivity contribution in [2.24, 2.45) is 5.92 Å². The maximum Gasteiger partial charge on any atom is 0.254 e. The second-order valence-corrected chi connectivity index (χ2v) is 11.4. The normalized spacial score (nSPS) is 25.4. The Labute approximate surface area is 213 Å². The Morgan fingerprint density at radius 2 is 1.67 bits per heavy atom. The number of aromatic amines is 1. The molecule has 2 aliphatic heterocycles. The molecule has 1 saturated carbocycles. The standard InChI is InChI=1S/C29H39N3O4/c1-16-14-17(2)30-27(33)23(16)15-32-13-12-22-18(3)25-26(19(4)24(22)28(32)34)36-29(5,35-25)20-8-10-21(11-9-20)31(6)7/h14,20-21H,8-13,15H2,1-7H3,(H,30,33)/t20?,21?,29-/m0/s1. The van der Waals surface area contributed by atoms with E-state index in [0.717, 1.165) is 65.8 Å². The van der Waals surface area contributed by atoms with Crippen LogP contribution in [0.25, 0.3) is 0 Å². The van der Waals surface area contributed by atoms with Crippen LogP contribution in [0.2, 0.25) is 0 Å². The molecule has 3 aliphatic rings. The minimum absolute atomic E-state index is 0.0391. The first-order chi connectivity index (χ1) is 17.0. The summed E-state index contributed by atoms with van der Waals surface area (Å²) in [6.45, 7) is 10.8. The summed E-state index contributed by atoms with van der Waals surface area (Å²) in [7, 11) is 4.30. The zero-order valence-corrected chi connectivity index (χ0v) is 22.7. The van der Waals surface area contributed by atoms with Crippen LogP contribution in [-0.4, -0.2) is 53.2 Å². The number of pyridine rings is 1. The van der Waals surface area contributed by atoms with Crippen LogP contribution in [0.3, 0.4) is 0 Å². The molecule has 0 spiro atoms. The number of hydrogen-bond acceptors (Lipinski definition) is 5. The molecule has 0 radical (unpaired) electrons. The van der Waals surface area contributed by atoms with Gasteiger partial charge in [0.1, 0.15) is 0 Å². The van der Waals surface area contributed by atoms with E-state index < -0.39 is 5.79 Å². The van der Waals surface area contributed by atoms with Crippen LogP contribution in [0.4, 0.5) is 0 Å². The second-order valence-electron chi connectivity index (χ2n) is 11.4. The molecule has 2 aromatic rings. The highest BCUT2D eigenvalue weighted by Crippen LogP contribution is 2.52. The molecule has 36 heavy (non-hydrogen) atoms. The zero-order chi connectivity index (χ0) is 25.9. The van der Waals surface area contributed by atoms with Gasteiger partial charge in [-0.2, -0.15) is 0 Å². The predicted octanol–water partition coefficient (Wildman–Crippen LogP) is 4.41. The number of carbonyl (C=O) groups is 1. The summed E-state index contributed by atoms with van der Waals surface area (Å²) in [6, 6.07) is 2.57. The third-order valence-corrected chi connectivity index (χ3v) is 8.77. The van der Waals surface area contributed by atoms with Crippen molar-refractivity contribution in [3.63, 3.8) is 0 Å². The summed E-state index contributed by atoms with van der Waals surface area (Å²) in [5, 5.41) is 0. The van der Waals surface area contributed by atoms with Gasteiger partial charge in [-0.1, -0.05) is 0 Å². The van der Waals surface area contributed by atoms with Gasteiger partial charge in [-0.3, -0.25) is 9.59 Å². The van der Waals surface area contributed by atoms with E-state index >= 15 is 0 Å². The number of nitrogens with one attached hydrogen (secondary N) is 1. The van der Waals surface area contributed by atoms with Gasteiger partial charge in [0, 0.05) is 47.8 Å². The summed E-state index contributed by atoms with van der Waals surface area (Å²) in [5.74, 6) is 1.07. The first kappa shape index (κ1) is 24.9. The molecule has 0 unspecified atom stereocenters. The van der Waals surface area contributed by atoms with Crippen LogP contribution in [-0.2, 0) is 13.0 Å². The lowest BCUT2D eigenvalue weighted by Crippen LogP contribution is -2.46. The number of H-pyrrole nitrogens is 1. The van der Waals surface area contributed by atoms with Crippen LogP contribution < -0.4 is 15.0 Å². The summed E-state index contributed by atoms with van der Waals surface area (Å²) in [5.41, 5.74) is 5.88. The minimum Gasteiger partial charge on any atom is -0.448 e. The Bertz CT molecular complexity index is 1270. The Kier molecular flexibility index (Phi) is 6.18. The largest absolute Gasteiger partial charge is 0.448 e. The molecule has 1 aliphatic carbocycles. The highest BCUT2D eigenvalue weighted by Gasteiger charge is 2.48. The topological polar surface area (TPSA) is 74.9 Å². The summed E-state index contributed by atoms with van der Waals surface area (Å²) in [4.78, 5) is 33.4. The van der Waals surface area contributed by atoms with E-state index in [2.05, 4.69) is 30.9 Å². The van der Waals surface area contributed by atoms with Gasteiger partial charge in [0.15, 0.2) is 11.5 Å². The number of benzene rings is 1. The van der Waals surface area contributed by atoms with E-state index in [1.807, 2.05) is 33.8 Å². The first-order valence-electron chi connectivity index (χ1n) is 13.2. The third kappa shape index (κ3) is 4.01. The lowest BCUT2D eigenvalue weighted by Gasteiger charge is -2.39. The van der Waals surface area contributed by atoms with Crippen LogP contribution in [0.15, 0.2) is 10.9 Å². The lowest BCUT2D eigenvalue weighted by molar-refractivity contribution is -0.123. The van der Waals surface area contributed by atoms with Gasteiger partial charge in [0.25, 0.3) is 17.3 Å². The van der Waals surface area contributed by atoms with Crippen molar-refractivity contribution in [1.82, 2.24) is 14.8 Å². The van der Waals surface area contributed by atoms with E-state index in [-0.39, 0.29) is 11.5 Å². The number of amides is 1. The Morgan fingerprint density at radius 3 is 2.28 bits per heavy atom. The van der Waals surface area contributed by atoms with E-state index in [1.165, 1.54) is 0 Å². The number of rotatable bonds is 4. The van der Waals surface area contributed by atoms with E-state index in [9.17, 15) is 9.59 Å². The highest BCUT2D eigenvalue weighted by atomic mass is 16.7. The van der Waals surface area contributed by atoms with Crippen molar-refractivity contribution in [2.45, 2.75) is 85.1 Å². The summed E-state index contributed by atoms with van der Waals surface area (Å²) >= 11 is 0. The monoisotopic (exact) mass is 493 g/mol. The number of hydrogen-bond donors (Lipinski definition) is 1. The molecular weight excluding hydrogens is 454 g/mol. The molecule has 194 valence electrons. The SMILES string of the molecule is Cc1cc(C)c(CN2CCc3c(C)c4c(c(C)c3C2=O)O[C@@](C)(C2CCC(N(C)C)CC2)O4)c(=O)[nH]1. The zero-order valence-electron chi connectivity index (χ0n) is 22.7. The van der Waals surface area contributed by atoms with Crippen molar-refractivity contribution in [1.29, 1.82) is 0 Å². The van der Waals surface area contributed by atoms with Crippen LogP contribution in [0.1, 0.15) is 76.5 Å². The minimum atomic E-state index is -0.714. The van der Waals surface area contributed by atoms with Gasteiger partial charge < -0.3 is 24.3 Å². The summed E-state index contributed by atoms with van der Waals surface area (Å²) < 4.78 is 13.2. The van der Waals surface area contributed by atoms with Crippen molar-refractivity contribution in [3.05, 3.63) is 55.5 Å². The molecule has 7 nitrogen and oxygen atoms in total. The second kappa shape index (κ2) is 8.94. The van der Waals surface area contributed by atoms with Crippen molar-refractivity contribution in [2.75, 3.05) is 20.6 Å². The molecule has 1 aromatic heterocycles. The van der Waals surface area contributed by atoms with Gasteiger partial charge in [-0.15, -0.1) is 0 Å². The molecule has 0 saturated heterocycles. The van der Waals surface area contributed by atoms with Crippen LogP contribution >= 0.6 is 0 Å². The molecule has 1 amide bonds. The number of fused-ring (bicyclic) bond motifs is 2. The molecule has 5 rings (SSSR count). The predicted molar refractivity (Wildman–Crippen MR) is 140 cm³/mol. The van der Waals surface area contributed by atoms with E-state index in [4.69, 9.17) is 9.47 Å². The first-order valence-corrected chi connectivity index (χ1v) is 13.2. The van der Waals surface area contributed by atoms with E-state index in [1.54, 1.807) is 4.90 Å². The van der Waals surface area contributed by atoms with Gasteiger partial charge >= 0.3 is 0 Å². The van der Waals surface area contributed by atoms with Crippen molar-refractivity contribution < 1.29 is 14.3 Å². The van der Waals surface area contributed by atoms with Crippen molar-refractivity contribution in [3.8, 4) is 11.5 Å². The lowest BCUT2D eigenvalue weighted by atomic mass is 9.81. The van der Waals surface area contributed by atoms with Crippen molar-refractivity contribution >= 4 is 5.91 Å². The number of aromatic nitrogens is 1. The quantitative estimate of drug-likeness (QED) is 0.683. The number of ether oxygens (including phenoxy) is 2. The van der Waals surface area contributed by atoms with Crippen LogP contribution in [0.5, 0.6) is 11.5 Å². The van der Waals surface area contributed by atoms with E-state index in [0.29, 0.717) is 41.9 Å². The molecule has 1 N–H and O–H groups in total. The molecule has 3 heterocycles. The molecule has 0 bridgehead atoms. The average molecular weight is 494 g/mol. The number of nitrogens with zero attached hydrogens (tertiary/aromatic N) is 2. The third-order valence-electron chi connectivity index (χ3n) is 8.77. The molecular formula is C29H39N3O4. The average Bonchev–Trinajstić information content (AvgIpc) is 3.20. The summed E-state index contributed by atoms with van der Waals surface area (Å²) in [6.07, 6.45) is 5.12. The number of carbonyl (C=O) groups excluding carboxylic acids is 1.